The molecule has 0 heterocycles. The maximum atomic E-state index is 3.52. The van der Waals surface area contributed by atoms with Crippen LogP contribution in [0.1, 0.15) is 11.1 Å². The zero-order valence-electron chi connectivity index (χ0n) is 12.5. The average molecular weight is 359 g/mol. The molecule has 23 heavy (non-hydrogen) atoms. The maximum Gasteiger partial charge on any atom is 0.0247 e. The van der Waals surface area contributed by atoms with Gasteiger partial charge in [-0.25, -0.2) is 0 Å². The normalized spacial score (nSPS) is 11.0. The monoisotopic (exact) mass is 358 g/mol. The predicted octanol–water partition coefficient (Wildman–Crippen LogP) is 6.33. The van der Waals surface area contributed by atoms with Gasteiger partial charge in [-0.3, -0.25) is 0 Å². The lowest BCUT2D eigenvalue weighted by molar-refractivity contribution is 1.60. The molecule has 0 aliphatic rings. The number of hydrogen-bond acceptors (Lipinski definition) is 0. The molecule has 0 unspecified atom stereocenters. The van der Waals surface area contributed by atoms with Crippen molar-refractivity contribution in [1.29, 1.82) is 0 Å². The molecule has 3 aromatic rings. The van der Waals surface area contributed by atoms with E-state index in [1.165, 1.54) is 16.3 Å². The first-order valence-corrected chi connectivity index (χ1v) is 8.20. The summed E-state index contributed by atoms with van der Waals surface area (Å²) in [5, 5.41) is 2.49. The Morgan fingerprint density at radius 1 is 0.652 bits per heavy atom. The summed E-state index contributed by atoms with van der Waals surface area (Å²) < 4.78 is 1.07. The van der Waals surface area contributed by atoms with Gasteiger partial charge in [0.1, 0.15) is 0 Å². The van der Waals surface area contributed by atoms with Gasteiger partial charge in [-0.05, 0) is 52.3 Å². The molecule has 0 amide bonds. The Morgan fingerprint density at radius 3 is 2.09 bits per heavy atom. The highest BCUT2D eigenvalue weighted by molar-refractivity contribution is 9.10. The highest BCUT2D eigenvalue weighted by Crippen LogP contribution is 2.19. The molecule has 3 aromatic carbocycles. The maximum absolute atomic E-state index is 3.52. The second kappa shape index (κ2) is 7.63. The SMILES string of the molecule is Brc1ccccc1/C=C\C#C/C=C\c1cccc2ccccc12. The number of allylic oxidation sites excluding steroid dienone is 2. The van der Waals surface area contributed by atoms with Gasteiger partial charge in [0.15, 0.2) is 0 Å². The van der Waals surface area contributed by atoms with Gasteiger partial charge in [-0.15, -0.1) is 0 Å². The van der Waals surface area contributed by atoms with E-state index < -0.39 is 0 Å². The first kappa shape index (κ1) is 15.3. The predicted molar refractivity (Wildman–Crippen MR) is 104 cm³/mol. The highest BCUT2D eigenvalue weighted by atomic mass is 79.9. The lowest BCUT2D eigenvalue weighted by atomic mass is 10.0. The molecule has 0 saturated carbocycles. The molecule has 0 fully saturated rings. The van der Waals surface area contributed by atoms with Crippen LogP contribution in [0.2, 0.25) is 0 Å². The third-order valence-corrected chi connectivity index (χ3v) is 4.23. The van der Waals surface area contributed by atoms with Crippen molar-refractivity contribution in [2.24, 2.45) is 0 Å². The summed E-state index contributed by atoms with van der Waals surface area (Å²) in [5.41, 5.74) is 2.31. The molecule has 0 bridgehead atoms. The van der Waals surface area contributed by atoms with Crippen molar-refractivity contribution < 1.29 is 0 Å². The van der Waals surface area contributed by atoms with Gasteiger partial charge < -0.3 is 0 Å². The van der Waals surface area contributed by atoms with Crippen molar-refractivity contribution in [2.75, 3.05) is 0 Å². The molecule has 0 spiro atoms. The Balaban J connectivity index is 1.73. The fraction of sp³-hybridized carbons (Fsp3) is 0. The molecule has 0 aliphatic heterocycles. The molecule has 3 rings (SSSR count). The third-order valence-electron chi connectivity index (χ3n) is 3.50. The number of halogens is 1. The van der Waals surface area contributed by atoms with Crippen LogP contribution >= 0.6 is 15.9 Å². The van der Waals surface area contributed by atoms with E-state index in [1.54, 1.807) is 0 Å². The van der Waals surface area contributed by atoms with Crippen LogP contribution in [0.25, 0.3) is 22.9 Å². The van der Waals surface area contributed by atoms with Gasteiger partial charge in [0.2, 0.25) is 0 Å². The fourth-order valence-electron chi connectivity index (χ4n) is 2.37. The van der Waals surface area contributed by atoms with E-state index in [0.29, 0.717) is 0 Å². The van der Waals surface area contributed by atoms with Crippen LogP contribution < -0.4 is 0 Å². The molecule has 110 valence electrons. The molecular formula is C22H15Br. The summed E-state index contributed by atoms with van der Waals surface area (Å²) in [6.45, 7) is 0. The van der Waals surface area contributed by atoms with E-state index in [9.17, 15) is 0 Å². The first-order chi connectivity index (χ1) is 11.3. The Hall–Kier alpha value is -2.56. The van der Waals surface area contributed by atoms with E-state index in [4.69, 9.17) is 0 Å². The Morgan fingerprint density at radius 2 is 1.26 bits per heavy atom. The van der Waals surface area contributed by atoms with Crippen molar-refractivity contribution in [3.8, 4) is 11.8 Å². The van der Waals surface area contributed by atoms with Crippen LogP contribution in [-0.2, 0) is 0 Å². The fourth-order valence-corrected chi connectivity index (χ4v) is 2.78. The van der Waals surface area contributed by atoms with Gasteiger partial charge in [-0.2, -0.15) is 0 Å². The Labute approximate surface area is 145 Å². The molecule has 0 saturated heterocycles. The molecule has 0 N–H and O–H groups in total. The summed E-state index contributed by atoms with van der Waals surface area (Å²) in [4.78, 5) is 0. The smallest absolute Gasteiger partial charge is 0.0247 e. The van der Waals surface area contributed by atoms with Crippen LogP contribution in [-0.4, -0.2) is 0 Å². The quantitative estimate of drug-likeness (QED) is 0.469. The Bertz CT molecular complexity index is 931. The highest BCUT2D eigenvalue weighted by Gasteiger charge is 1.95. The van der Waals surface area contributed by atoms with E-state index in [0.717, 1.165) is 10.0 Å². The van der Waals surface area contributed by atoms with Crippen LogP contribution in [0.15, 0.2) is 83.4 Å². The van der Waals surface area contributed by atoms with Crippen LogP contribution in [0.3, 0.4) is 0 Å². The molecule has 1 heteroatoms. The second-order valence-corrected chi connectivity index (χ2v) is 5.90. The Kier molecular flexibility index (Phi) is 5.09. The van der Waals surface area contributed by atoms with E-state index in [2.05, 4.69) is 76.3 Å². The van der Waals surface area contributed by atoms with Crippen molar-refractivity contribution in [1.82, 2.24) is 0 Å². The van der Waals surface area contributed by atoms with Gasteiger partial charge >= 0.3 is 0 Å². The van der Waals surface area contributed by atoms with Crippen molar-refractivity contribution >= 4 is 38.9 Å². The minimum absolute atomic E-state index is 1.07. The van der Waals surface area contributed by atoms with Gasteiger partial charge in [0, 0.05) is 4.47 Å². The number of fused-ring (bicyclic) bond motifs is 1. The van der Waals surface area contributed by atoms with E-state index in [1.807, 2.05) is 42.5 Å². The third kappa shape index (κ3) is 4.00. The zero-order valence-corrected chi connectivity index (χ0v) is 14.1. The van der Waals surface area contributed by atoms with Crippen molar-refractivity contribution in [2.45, 2.75) is 0 Å². The lowest BCUT2D eigenvalue weighted by Gasteiger charge is -2.00. The van der Waals surface area contributed by atoms with E-state index >= 15 is 0 Å². The number of rotatable bonds is 2. The molecule has 0 radical (unpaired) electrons. The number of hydrogen-bond donors (Lipinski definition) is 0. The summed E-state index contributed by atoms with van der Waals surface area (Å²) in [6, 6.07) is 22.8. The van der Waals surface area contributed by atoms with Crippen LogP contribution in [0.4, 0.5) is 0 Å². The van der Waals surface area contributed by atoms with Gasteiger partial charge in [0.05, 0.1) is 0 Å². The van der Waals surface area contributed by atoms with Crippen LogP contribution in [0.5, 0.6) is 0 Å². The van der Waals surface area contributed by atoms with Gasteiger partial charge in [0.25, 0.3) is 0 Å². The molecule has 0 aromatic heterocycles. The molecular weight excluding hydrogens is 344 g/mol. The minimum Gasteiger partial charge on any atom is -0.0702 e. The summed E-state index contributed by atoms with van der Waals surface area (Å²) in [7, 11) is 0. The molecule has 0 nitrogen and oxygen atoms in total. The van der Waals surface area contributed by atoms with Crippen LogP contribution in [0, 0.1) is 11.8 Å². The standard InChI is InChI=1S/C22H15Br/c23-22-17-8-6-13-20(22)12-4-2-1-3-10-18-14-9-15-19-11-5-7-16-21(18)19/h3-17H/b10-3-,12-4-. The average Bonchev–Trinajstić information content (AvgIpc) is 2.59. The minimum atomic E-state index is 1.07. The van der Waals surface area contributed by atoms with Gasteiger partial charge in [-0.1, -0.05) is 88.4 Å². The number of benzene rings is 3. The topological polar surface area (TPSA) is 0 Å². The zero-order chi connectivity index (χ0) is 15.9. The molecule has 0 atom stereocenters. The summed E-state index contributed by atoms with van der Waals surface area (Å²) in [6.07, 6.45) is 7.82. The van der Waals surface area contributed by atoms with Crippen molar-refractivity contribution in [3.05, 3.63) is 94.5 Å². The summed E-state index contributed by atoms with van der Waals surface area (Å²) >= 11 is 3.52. The second-order valence-electron chi connectivity index (χ2n) is 5.05. The van der Waals surface area contributed by atoms with Crippen molar-refractivity contribution in [3.63, 3.8) is 0 Å². The molecule has 0 aliphatic carbocycles. The lowest BCUT2D eigenvalue weighted by Crippen LogP contribution is -1.76. The van der Waals surface area contributed by atoms with E-state index in [-0.39, 0.29) is 0 Å². The first-order valence-electron chi connectivity index (χ1n) is 7.41. The largest absolute Gasteiger partial charge is 0.0702 e. The summed E-state index contributed by atoms with van der Waals surface area (Å²) in [5.74, 6) is 6.10.